The Balaban J connectivity index is 2.37. The van der Waals surface area contributed by atoms with E-state index in [2.05, 4.69) is 19.7 Å². The van der Waals surface area contributed by atoms with Crippen molar-refractivity contribution < 1.29 is 0 Å². The Morgan fingerprint density at radius 3 is 3.23 bits per heavy atom. The van der Waals surface area contributed by atoms with Gasteiger partial charge in [-0.15, -0.1) is 0 Å². The Kier molecular flexibility index (Phi) is 2.33. The average molecular weight is 195 g/mol. The van der Waals surface area contributed by atoms with Gasteiger partial charge in [0, 0.05) is 13.1 Å². The van der Waals surface area contributed by atoms with Gasteiger partial charge in [-0.25, -0.2) is 9.97 Å². The number of nitrogens with zero attached hydrogens (tertiary/aromatic N) is 3. The van der Waals surface area contributed by atoms with Crippen molar-refractivity contribution in [1.82, 2.24) is 14.3 Å². The molecule has 2 aromatic heterocycles. The van der Waals surface area contributed by atoms with Gasteiger partial charge in [0.1, 0.15) is 17.0 Å². The summed E-state index contributed by atoms with van der Waals surface area (Å²) in [5.41, 5.74) is 5.38. The molecule has 0 aromatic carbocycles. The number of rotatable bonds is 3. The summed E-state index contributed by atoms with van der Waals surface area (Å²) in [5, 5.41) is 4.07. The van der Waals surface area contributed by atoms with Gasteiger partial charge in [-0.3, -0.25) is 0 Å². The third kappa shape index (κ3) is 1.58. The molecular weight excluding hydrogens is 186 g/mol. The lowest BCUT2D eigenvalue weighted by Gasteiger charge is -2.02. The van der Waals surface area contributed by atoms with E-state index < -0.39 is 0 Å². The Bertz CT molecular complexity index is 398. The molecule has 2 aromatic rings. The molecule has 0 spiro atoms. The zero-order chi connectivity index (χ0) is 9.10. The molecule has 0 amide bonds. The van der Waals surface area contributed by atoms with Crippen molar-refractivity contribution in [1.29, 1.82) is 0 Å². The number of anilines is 1. The van der Waals surface area contributed by atoms with Crippen LogP contribution in [0.1, 0.15) is 0 Å². The van der Waals surface area contributed by atoms with Crippen molar-refractivity contribution in [2.24, 2.45) is 5.73 Å². The lowest BCUT2D eigenvalue weighted by atomic mass is 10.4. The molecule has 0 saturated heterocycles. The van der Waals surface area contributed by atoms with Gasteiger partial charge in [0.15, 0.2) is 0 Å². The lowest BCUT2D eigenvalue weighted by Crippen LogP contribution is -2.13. The molecule has 13 heavy (non-hydrogen) atoms. The van der Waals surface area contributed by atoms with Crippen LogP contribution in [0.4, 0.5) is 5.82 Å². The van der Waals surface area contributed by atoms with Crippen molar-refractivity contribution in [2.45, 2.75) is 0 Å². The van der Waals surface area contributed by atoms with Crippen molar-refractivity contribution in [3.8, 4) is 0 Å². The Labute approximate surface area is 79.2 Å². The van der Waals surface area contributed by atoms with E-state index in [0.29, 0.717) is 13.1 Å². The van der Waals surface area contributed by atoms with E-state index in [0.717, 1.165) is 16.0 Å². The van der Waals surface area contributed by atoms with E-state index in [9.17, 15) is 0 Å². The van der Waals surface area contributed by atoms with Gasteiger partial charge in [0.2, 0.25) is 0 Å². The van der Waals surface area contributed by atoms with Crippen LogP contribution in [0.3, 0.4) is 0 Å². The van der Waals surface area contributed by atoms with Crippen molar-refractivity contribution >= 4 is 27.6 Å². The van der Waals surface area contributed by atoms with Crippen molar-refractivity contribution in [3.05, 3.63) is 12.5 Å². The highest BCUT2D eigenvalue weighted by Crippen LogP contribution is 2.20. The molecule has 0 aliphatic carbocycles. The fraction of sp³-hybridized carbons (Fsp3) is 0.286. The predicted molar refractivity (Wildman–Crippen MR) is 52.8 cm³/mol. The largest absolute Gasteiger partial charge is 0.368 e. The molecule has 0 saturated carbocycles. The number of fused-ring (bicyclic) bond motifs is 1. The summed E-state index contributed by atoms with van der Waals surface area (Å²) in [4.78, 5) is 9.09. The number of nitrogens with two attached hydrogens (primary N) is 1. The number of nitrogens with one attached hydrogen (secondary N) is 1. The van der Waals surface area contributed by atoms with E-state index in [1.54, 1.807) is 6.20 Å². The maximum Gasteiger partial charge on any atom is 0.148 e. The third-order valence-corrected chi connectivity index (χ3v) is 2.31. The molecule has 2 heterocycles. The van der Waals surface area contributed by atoms with Crippen LogP contribution in [0.5, 0.6) is 0 Å². The third-order valence-electron chi connectivity index (χ3n) is 1.61. The number of hydrogen-bond donors (Lipinski definition) is 2. The second-order valence-corrected chi connectivity index (χ2v) is 3.26. The highest BCUT2D eigenvalue weighted by atomic mass is 32.1. The summed E-state index contributed by atoms with van der Waals surface area (Å²) in [6.07, 6.45) is 3.29. The van der Waals surface area contributed by atoms with E-state index >= 15 is 0 Å². The smallest absolute Gasteiger partial charge is 0.148 e. The summed E-state index contributed by atoms with van der Waals surface area (Å²) in [5.74, 6) is 0.809. The van der Waals surface area contributed by atoms with Gasteiger partial charge in [-0.2, -0.15) is 4.37 Å². The van der Waals surface area contributed by atoms with Crippen LogP contribution in [0.15, 0.2) is 12.5 Å². The molecule has 0 aliphatic rings. The SMILES string of the molecule is NCCNc1ncnc2sncc12. The Morgan fingerprint density at radius 2 is 2.38 bits per heavy atom. The average Bonchev–Trinajstić information content (AvgIpc) is 2.62. The van der Waals surface area contributed by atoms with E-state index in [1.807, 2.05) is 0 Å². The topological polar surface area (TPSA) is 76.7 Å². The highest BCUT2D eigenvalue weighted by Gasteiger charge is 2.03. The first kappa shape index (κ1) is 8.33. The summed E-state index contributed by atoms with van der Waals surface area (Å²) in [6.45, 7) is 1.30. The van der Waals surface area contributed by atoms with Gasteiger partial charge < -0.3 is 11.1 Å². The first-order valence-electron chi connectivity index (χ1n) is 3.91. The first-order chi connectivity index (χ1) is 6.42. The highest BCUT2D eigenvalue weighted by molar-refractivity contribution is 7.12. The minimum Gasteiger partial charge on any atom is -0.368 e. The normalized spacial score (nSPS) is 10.5. The van der Waals surface area contributed by atoms with Crippen molar-refractivity contribution in [3.63, 3.8) is 0 Å². The predicted octanol–water partition coefficient (Wildman–Crippen LogP) is 0.457. The molecule has 0 fully saturated rings. The summed E-state index contributed by atoms with van der Waals surface area (Å²) >= 11 is 1.36. The fourth-order valence-electron chi connectivity index (χ4n) is 1.03. The maximum atomic E-state index is 5.38. The van der Waals surface area contributed by atoms with E-state index in [-0.39, 0.29) is 0 Å². The molecular formula is C7H9N5S. The van der Waals surface area contributed by atoms with Gasteiger partial charge in [-0.05, 0) is 11.5 Å². The van der Waals surface area contributed by atoms with E-state index in [4.69, 9.17) is 5.73 Å². The summed E-state index contributed by atoms with van der Waals surface area (Å²) in [7, 11) is 0. The molecule has 0 unspecified atom stereocenters. The minimum absolute atomic E-state index is 0.586. The van der Waals surface area contributed by atoms with Gasteiger partial charge in [0.05, 0.1) is 11.6 Å². The Morgan fingerprint density at radius 1 is 1.46 bits per heavy atom. The van der Waals surface area contributed by atoms with Gasteiger partial charge >= 0.3 is 0 Å². The van der Waals surface area contributed by atoms with Crippen LogP contribution in [-0.2, 0) is 0 Å². The second-order valence-electron chi connectivity index (χ2n) is 2.48. The van der Waals surface area contributed by atoms with Crippen LogP contribution < -0.4 is 11.1 Å². The lowest BCUT2D eigenvalue weighted by molar-refractivity contribution is 1.01. The van der Waals surface area contributed by atoms with Gasteiger partial charge in [0.25, 0.3) is 0 Å². The molecule has 6 heteroatoms. The molecule has 3 N–H and O–H groups in total. The maximum absolute atomic E-state index is 5.38. The van der Waals surface area contributed by atoms with E-state index in [1.165, 1.54) is 17.9 Å². The Hall–Kier alpha value is -1.27. The number of aromatic nitrogens is 3. The van der Waals surface area contributed by atoms with Crippen molar-refractivity contribution in [2.75, 3.05) is 18.4 Å². The molecule has 0 bridgehead atoms. The fourth-order valence-corrected chi connectivity index (χ4v) is 1.63. The minimum atomic E-state index is 0.586. The quantitative estimate of drug-likeness (QED) is 0.744. The molecule has 68 valence electrons. The number of hydrogen-bond acceptors (Lipinski definition) is 6. The van der Waals surface area contributed by atoms with Crippen LogP contribution in [0.25, 0.3) is 10.2 Å². The summed E-state index contributed by atoms with van der Waals surface area (Å²) < 4.78 is 4.04. The molecule has 0 aliphatic heterocycles. The van der Waals surface area contributed by atoms with Crippen LogP contribution in [-0.4, -0.2) is 27.4 Å². The second kappa shape index (κ2) is 3.63. The molecule has 5 nitrogen and oxygen atoms in total. The molecule has 0 radical (unpaired) electrons. The summed E-state index contributed by atoms with van der Waals surface area (Å²) in [6, 6.07) is 0. The van der Waals surface area contributed by atoms with Crippen LogP contribution >= 0.6 is 11.5 Å². The first-order valence-corrected chi connectivity index (χ1v) is 4.68. The van der Waals surface area contributed by atoms with Crippen LogP contribution in [0, 0.1) is 0 Å². The monoisotopic (exact) mass is 195 g/mol. The zero-order valence-corrected chi connectivity index (χ0v) is 7.71. The molecule has 2 rings (SSSR count). The zero-order valence-electron chi connectivity index (χ0n) is 6.90. The molecule has 0 atom stereocenters. The van der Waals surface area contributed by atoms with Gasteiger partial charge in [-0.1, -0.05) is 0 Å². The van der Waals surface area contributed by atoms with Crippen LogP contribution in [0.2, 0.25) is 0 Å². The standard InChI is InChI=1S/C7H9N5S/c8-1-2-9-6-5-3-12-13-7(5)11-4-10-6/h3-4H,1-2,8H2,(H,9,10,11).